The number of fused-ring (bicyclic) bond motifs is 1. The molecule has 0 aliphatic heterocycles. The SMILES string of the molecule is O=C(NC1CCc2ccccc2C1)c1cccc(Br)c1. The summed E-state index contributed by atoms with van der Waals surface area (Å²) >= 11 is 3.40. The lowest BCUT2D eigenvalue weighted by molar-refractivity contribution is 0.0933. The summed E-state index contributed by atoms with van der Waals surface area (Å²) in [4.78, 5) is 12.2. The smallest absolute Gasteiger partial charge is 0.251 e. The van der Waals surface area contributed by atoms with Crippen LogP contribution < -0.4 is 5.32 Å². The van der Waals surface area contributed by atoms with Crippen LogP contribution in [-0.4, -0.2) is 11.9 Å². The van der Waals surface area contributed by atoms with Crippen LogP contribution in [-0.2, 0) is 12.8 Å². The molecule has 102 valence electrons. The first kappa shape index (κ1) is 13.4. The van der Waals surface area contributed by atoms with Crippen LogP contribution in [0.3, 0.4) is 0 Å². The molecule has 0 aromatic heterocycles. The third-order valence-corrected chi connectivity index (χ3v) is 4.26. The van der Waals surface area contributed by atoms with E-state index in [-0.39, 0.29) is 11.9 Å². The summed E-state index contributed by atoms with van der Waals surface area (Å²) in [6, 6.07) is 16.2. The van der Waals surface area contributed by atoms with Gasteiger partial charge in [0.1, 0.15) is 0 Å². The predicted octanol–water partition coefficient (Wildman–Crippen LogP) is 3.74. The van der Waals surface area contributed by atoms with Crippen LogP contribution in [0.2, 0.25) is 0 Å². The second-order valence-electron chi connectivity index (χ2n) is 5.19. The zero-order chi connectivity index (χ0) is 13.9. The van der Waals surface area contributed by atoms with Gasteiger partial charge in [-0.15, -0.1) is 0 Å². The van der Waals surface area contributed by atoms with E-state index in [0.717, 1.165) is 23.7 Å². The molecule has 1 atom stereocenters. The van der Waals surface area contributed by atoms with Crippen molar-refractivity contribution in [3.63, 3.8) is 0 Å². The number of amides is 1. The number of carbonyl (C=O) groups is 1. The molecule has 1 aliphatic carbocycles. The van der Waals surface area contributed by atoms with Crippen molar-refractivity contribution in [2.24, 2.45) is 0 Å². The maximum absolute atomic E-state index is 12.2. The molecular weight excluding hydrogens is 314 g/mol. The molecule has 2 aromatic rings. The summed E-state index contributed by atoms with van der Waals surface area (Å²) in [5.41, 5.74) is 3.48. The molecule has 0 heterocycles. The molecule has 2 nitrogen and oxygen atoms in total. The number of halogens is 1. The summed E-state index contributed by atoms with van der Waals surface area (Å²) in [6.07, 6.45) is 2.98. The van der Waals surface area contributed by atoms with Gasteiger partial charge in [-0.25, -0.2) is 0 Å². The molecule has 2 aromatic carbocycles. The van der Waals surface area contributed by atoms with Gasteiger partial charge in [0.2, 0.25) is 0 Å². The number of nitrogens with one attached hydrogen (secondary N) is 1. The van der Waals surface area contributed by atoms with Crippen molar-refractivity contribution >= 4 is 21.8 Å². The monoisotopic (exact) mass is 329 g/mol. The van der Waals surface area contributed by atoms with Crippen LogP contribution >= 0.6 is 15.9 Å². The number of hydrogen-bond acceptors (Lipinski definition) is 1. The minimum absolute atomic E-state index is 0.00989. The average molecular weight is 330 g/mol. The Labute approximate surface area is 127 Å². The van der Waals surface area contributed by atoms with Crippen LogP contribution in [0.1, 0.15) is 27.9 Å². The van der Waals surface area contributed by atoms with E-state index >= 15 is 0 Å². The molecule has 1 unspecified atom stereocenters. The summed E-state index contributed by atoms with van der Waals surface area (Å²) in [7, 11) is 0. The Hall–Kier alpha value is -1.61. The summed E-state index contributed by atoms with van der Waals surface area (Å²) < 4.78 is 0.930. The van der Waals surface area contributed by atoms with Crippen molar-refractivity contribution in [3.05, 3.63) is 69.7 Å². The quantitative estimate of drug-likeness (QED) is 0.893. The highest BCUT2D eigenvalue weighted by atomic mass is 79.9. The standard InChI is InChI=1S/C17H16BrNO/c18-15-7-3-6-14(10-15)17(20)19-16-9-8-12-4-1-2-5-13(12)11-16/h1-7,10,16H,8-9,11H2,(H,19,20). The van der Waals surface area contributed by atoms with Gasteiger partial charge >= 0.3 is 0 Å². The van der Waals surface area contributed by atoms with E-state index in [2.05, 4.69) is 45.5 Å². The highest BCUT2D eigenvalue weighted by molar-refractivity contribution is 9.10. The van der Waals surface area contributed by atoms with E-state index in [1.165, 1.54) is 11.1 Å². The maximum Gasteiger partial charge on any atom is 0.251 e. The summed E-state index contributed by atoms with van der Waals surface area (Å²) in [6.45, 7) is 0. The zero-order valence-corrected chi connectivity index (χ0v) is 12.7. The van der Waals surface area contributed by atoms with Crippen LogP contribution in [0.4, 0.5) is 0 Å². The van der Waals surface area contributed by atoms with E-state index < -0.39 is 0 Å². The lowest BCUT2D eigenvalue weighted by atomic mass is 9.88. The molecule has 1 N–H and O–H groups in total. The molecule has 0 bridgehead atoms. The third kappa shape index (κ3) is 2.93. The van der Waals surface area contributed by atoms with Crippen molar-refractivity contribution in [1.29, 1.82) is 0 Å². The van der Waals surface area contributed by atoms with E-state index in [1.54, 1.807) is 0 Å². The highest BCUT2D eigenvalue weighted by Crippen LogP contribution is 2.21. The number of carbonyl (C=O) groups excluding carboxylic acids is 1. The molecular formula is C17H16BrNO. The average Bonchev–Trinajstić information content (AvgIpc) is 2.47. The molecule has 20 heavy (non-hydrogen) atoms. The van der Waals surface area contributed by atoms with Crippen molar-refractivity contribution in [1.82, 2.24) is 5.32 Å². The second-order valence-corrected chi connectivity index (χ2v) is 6.11. The largest absolute Gasteiger partial charge is 0.349 e. The minimum atomic E-state index is 0.00989. The fraction of sp³-hybridized carbons (Fsp3) is 0.235. The van der Waals surface area contributed by atoms with E-state index in [1.807, 2.05) is 24.3 Å². The number of rotatable bonds is 2. The number of aryl methyl sites for hydroxylation is 1. The van der Waals surface area contributed by atoms with Crippen molar-refractivity contribution in [3.8, 4) is 0 Å². The Bertz CT molecular complexity index is 638. The van der Waals surface area contributed by atoms with Gasteiger partial charge in [0.15, 0.2) is 0 Å². The molecule has 0 saturated heterocycles. The van der Waals surface area contributed by atoms with Crippen LogP contribution in [0, 0.1) is 0 Å². The minimum Gasteiger partial charge on any atom is -0.349 e. The highest BCUT2D eigenvalue weighted by Gasteiger charge is 2.20. The third-order valence-electron chi connectivity index (χ3n) is 3.77. The Kier molecular flexibility index (Phi) is 3.88. The number of benzene rings is 2. The van der Waals surface area contributed by atoms with Gasteiger partial charge in [-0.1, -0.05) is 46.3 Å². The first-order valence-electron chi connectivity index (χ1n) is 6.85. The van der Waals surface area contributed by atoms with Crippen LogP contribution in [0.5, 0.6) is 0 Å². The molecule has 1 aliphatic rings. The molecule has 3 heteroatoms. The van der Waals surface area contributed by atoms with Gasteiger partial charge < -0.3 is 5.32 Å². The summed E-state index contributed by atoms with van der Waals surface area (Å²) in [5, 5.41) is 3.14. The first-order chi connectivity index (χ1) is 9.72. The number of hydrogen-bond donors (Lipinski definition) is 1. The summed E-state index contributed by atoms with van der Waals surface area (Å²) in [5.74, 6) is 0.00989. The topological polar surface area (TPSA) is 29.1 Å². The van der Waals surface area contributed by atoms with Crippen molar-refractivity contribution in [2.45, 2.75) is 25.3 Å². The predicted molar refractivity (Wildman–Crippen MR) is 83.9 cm³/mol. The Morgan fingerprint density at radius 1 is 1.10 bits per heavy atom. The molecule has 1 amide bonds. The maximum atomic E-state index is 12.2. The van der Waals surface area contributed by atoms with Crippen LogP contribution in [0.25, 0.3) is 0 Å². The fourth-order valence-electron chi connectivity index (χ4n) is 2.72. The van der Waals surface area contributed by atoms with Gasteiger partial charge in [-0.3, -0.25) is 4.79 Å². The van der Waals surface area contributed by atoms with Crippen LogP contribution in [0.15, 0.2) is 53.0 Å². The normalized spacial score (nSPS) is 17.4. The first-order valence-corrected chi connectivity index (χ1v) is 7.65. The van der Waals surface area contributed by atoms with E-state index in [4.69, 9.17) is 0 Å². The zero-order valence-electron chi connectivity index (χ0n) is 11.1. The Balaban J connectivity index is 1.69. The molecule has 3 rings (SSSR count). The van der Waals surface area contributed by atoms with E-state index in [9.17, 15) is 4.79 Å². The van der Waals surface area contributed by atoms with Gasteiger partial charge in [-0.05, 0) is 48.6 Å². The molecule has 0 saturated carbocycles. The molecule has 0 radical (unpaired) electrons. The van der Waals surface area contributed by atoms with Crippen molar-refractivity contribution in [2.75, 3.05) is 0 Å². The lowest BCUT2D eigenvalue weighted by Crippen LogP contribution is -2.38. The molecule has 0 spiro atoms. The van der Waals surface area contributed by atoms with Gasteiger partial charge in [0, 0.05) is 16.1 Å². The fourth-order valence-corrected chi connectivity index (χ4v) is 3.12. The van der Waals surface area contributed by atoms with Crippen molar-refractivity contribution < 1.29 is 4.79 Å². The lowest BCUT2D eigenvalue weighted by Gasteiger charge is -2.25. The van der Waals surface area contributed by atoms with E-state index in [0.29, 0.717) is 5.56 Å². The van der Waals surface area contributed by atoms with Gasteiger partial charge in [0.25, 0.3) is 5.91 Å². The second kappa shape index (κ2) is 5.80. The van der Waals surface area contributed by atoms with Gasteiger partial charge in [0.05, 0.1) is 0 Å². The molecule has 0 fully saturated rings. The Morgan fingerprint density at radius 2 is 1.90 bits per heavy atom. The van der Waals surface area contributed by atoms with Gasteiger partial charge in [-0.2, -0.15) is 0 Å². The Morgan fingerprint density at radius 3 is 2.70 bits per heavy atom.